The van der Waals surface area contributed by atoms with Crippen LogP contribution in [-0.4, -0.2) is 29.2 Å². The van der Waals surface area contributed by atoms with Crippen LogP contribution < -0.4 is 0 Å². The first-order chi connectivity index (χ1) is 4.76. The molecule has 0 bridgehead atoms. The van der Waals surface area contributed by atoms with Gasteiger partial charge in [0.2, 0.25) is 0 Å². The summed E-state index contributed by atoms with van der Waals surface area (Å²) in [6.45, 7) is 1.66. The smallest absolute Gasteiger partial charge is 0.127 e. The van der Waals surface area contributed by atoms with Crippen LogP contribution in [-0.2, 0) is 4.79 Å². The van der Waals surface area contributed by atoms with Gasteiger partial charge in [-0.2, -0.15) is 0 Å². The Morgan fingerprint density at radius 1 is 1.60 bits per heavy atom. The summed E-state index contributed by atoms with van der Waals surface area (Å²) in [7, 11) is 0. The molecule has 0 rings (SSSR count). The molecular formula is C7H14O3. The summed E-state index contributed by atoms with van der Waals surface area (Å²) in [6.07, 6.45) is 1.32. The van der Waals surface area contributed by atoms with Gasteiger partial charge in [0.25, 0.3) is 0 Å². The van der Waals surface area contributed by atoms with E-state index in [0.29, 0.717) is 12.7 Å². The second-order valence-corrected chi connectivity index (χ2v) is 2.34. The molecule has 0 aromatic carbocycles. The number of aldehydes is 1. The van der Waals surface area contributed by atoms with Crippen molar-refractivity contribution in [2.24, 2.45) is 5.92 Å². The van der Waals surface area contributed by atoms with Gasteiger partial charge in [-0.15, -0.1) is 0 Å². The highest BCUT2D eigenvalue weighted by Gasteiger charge is 2.15. The Balaban J connectivity index is 3.63. The number of aliphatic hydroxyl groups excluding tert-OH is 2. The maximum Gasteiger partial charge on any atom is 0.127 e. The third-order valence-corrected chi connectivity index (χ3v) is 1.46. The fourth-order valence-electron chi connectivity index (χ4n) is 0.765. The molecule has 0 aliphatic carbocycles. The predicted molar refractivity (Wildman–Crippen MR) is 37.6 cm³/mol. The lowest BCUT2D eigenvalue weighted by atomic mass is 10.0. The SMILES string of the molecule is CCCC(O)C(C=O)CO. The molecule has 60 valence electrons. The molecule has 0 aromatic rings. The lowest BCUT2D eigenvalue weighted by molar-refractivity contribution is -0.115. The first-order valence-corrected chi connectivity index (χ1v) is 3.50. The van der Waals surface area contributed by atoms with Gasteiger partial charge in [0.05, 0.1) is 18.6 Å². The largest absolute Gasteiger partial charge is 0.396 e. The number of rotatable bonds is 5. The van der Waals surface area contributed by atoms with Gasteiger partial charge in [-0.05, 0) is 6.42 Å². The first kappa shape index (κ1) is 9.59. The average molecular weight is 146 g/mol. The van der Waals surface area contributed by atoms with Gasteiger partial charge < -0.3 is 15.0 Å². The number of hydrogen-bond acceptors (Lipinski definition) is 3. The third kappa shape index (κ3) is 2.94. The van der Waals surface area contributed by atoms with Crippen molar-refractivity contribution in [2.75, 3.05) is 6.61 Å². The van der Waals surface area contributed by atoms with E-state index in [-0.39, 0.29) is 6.61 Å². The van der Waals surface area contributed by atoms with Crippen LogP contribution >= 0.6 is 0 Å². The number of aliphatic hydroxyl groups is 2. The maximum absolute atomic E-state index is 10.1. The minimum absolute atomic E-state index is 0.259. The van der Waals surface area contributed by atoms with Crippen molar-refractivity contribution >= 4 is 6.29 Å². The van der Waals surface area contributed by atoms with E-state index in [2.05, 4.69) is 0 Å². The second-order valence-electron chi connectivity index (χ2n) is 2.34. The maximum atomic E-state index is 10.1. The zero-order valence-electron chi connectivity index (χ0n) is 6.16. The average Bonchev–Trinajstić information content (AvgIpc) is 1.91. The van der Waals surface area contributed by atoms with E-state index in [0.717, 1.165) is 6.42 Å². The van der Waals surface area contributed by atoms with Crippen LogP contribution in [0.2, 0.25) is 0 Å². The van der Waals surface area contributed by atoms with Crippen molar-refractivity contribution in [2.45, 2.75) is 25.9 Å². The van der Waals surface area contributed by atoms with Crippen LogP contribution in [0.25, 0.3) is 0 Å². The monoisotopic (exact) mass is 146 g/mol. The van der Waals surface area contributed by atoms with Crippen molar-refractivity contribution in [3.05, 3.63) is 0 Å². The van der Waals surface area contributed by atoms with E-state index in [9.17, 15) is 4.79 Å². The second kappa shape index (κ2) is 5.38. The van der Waals surface area contributed by atoms with Gasteiger partial charge >= 0.3 is 0 Å². The van der Waals surface area contributed by atoms with E-state index in [4.69, 9.17) is 10.2 Å². The number of carbonyl (C=O) groups is 1. The standard InChI is InChI=1S/C7H14O3/c1-2-3-7(10)6(4-8)5-9/h4,6-7,9-10H,2-3,5H2,1H3. The fourth-order valence-corrected chi connectivity index (χ4v) is 0.765. The summed E-state index contributed by atoms with van der Waals surface area (Å²) in [5.74, 6) is -0.597. The Labute approximate surface area is 60.7 Å². The summed E-state index contributed by atoms with van der Waals surface area (Å²) in [4.78, 5) is 10.1. The molecule has 2 unspecified atom stereocenters. The van der Waals surface area contributed by atoms with Gasteiger partial charge in [0, 0.05) is 0 Å². The van der Waals surface area contributed by atoms with Gasteiger partial charge in [-0.25, -0.2) is 0 Å². The molecule has 2 N–H and O–H groups in total. The van der Waals surface area contributed by atoms with E-state index < -0.39 is 12.0 Å². The van der Waals surface area contributed by atoms with Crippen molar-refractivity contribution in [3.63, 3.8) is 0 Å². The molecule has 3 nitrogen and oxygen atoms in total. The highest BCUT2D eigenvalue weighted by Crippen LogP contribution is 2.05. The minimum atomic E-state index is -0.674. The van der Waals surface area contributed by atoms with Crippen molar-refractivity contribution in [1.82, 2.24) is 0 Å². The molecule has 10 heavy (non-hydrogen) atoms. The lowest BCUT2D eigenvalue weighted by Gasteiger charge is -2.13. The Morgan fingerprint density at radius 3 is 2.50 bits per heavy atom. The van der Waals surface area contributed by atoms with Gasteiger partial charge in [0.1, 0.15) is 6.29 Å². The zero-order valence-corrected chi connectivity index (χ0v) is 6.16. The van der Waals surface area contributed by atoms with Gasteiger partial charge in [-0.3, -0.25) is 0 Å². The summed E-state index contributed by atoms with van der Waals surface area (Å²) in [5, 5.41) is 17.6. The van der Waals surface area contributed by atoms with E-state index in [1.54, 1.807) is 0 Å². The Bertz CT molecular complexity index is 92.9. The van der Waals surface area contributed by atoms with Gasteiger partial charge in [0.15, 0.2) is 0 Å². The van der Waals surface area contributed by atoms with Crippen LogP contribution in [0.3, 0.4) is 0 Å². The zero-order chi connectivity index (χ0) is 7.98. The first-order valence-electron chi connectivity index (χ1n) is 3.50. The Hall–Kier alpha value is -0.410. The molecule has 0 spiro atoms. The van der Waals surface area contributed by atoms with E-state index >= 15 is 0 Å². The highest BCUT2D eigenvalue weighted by molar-refractivity contribution is 5.54. The van der Waals surface area contributed by atoms with E-state index in [1.165, 1.54) is 0 Å². The van der Waals surface area contributed by atoms with Gasteiger partial charge in [-0.1, -0.05) is 13.3 Å². The lowest BCUT2D eigenvalue weighted by Crippen LogP contribution is -2.24. The van der Waals surface area contributed by atoms with Crippen LogP contribution in [0.15, 0.2) is 0 Å². The minimum Gasteiger partial charge on any atom is -0.396 e. The summed E-state index contributed by atoms with van der Waals surface area (Å²) < 4.78 is 0. The summed E-state index contributed by atoms with van der Waals surface area (Å²) >= 11 is 0. The molecule has 0 radical (unpaired) electrons. The topological polar surface area (TPSA) is 57.5 Å². The summed E-state index contributed by atoms with van der Waals surface area (Å²) in [5.41, 5.74) is 0. The molecular weight excluding hydrogens is 132 g/mol. The molecule has 3 heteroatoms. The van der Waals surface area contributed by atoms with Crippen LogP contribution in [0.4, 0.5) is 0 Å². The Kier molecular flexibility index (Phi) is 5.16. The molecule has 0 saturated carbocycles. The van der Waals surface area contributed by atoms with Crippen LogP contribution in [0.1, 0.15) is 19.8 Å². The van der Waals surface area contributed by atoms with E-state index in [1.807, 2.05) is 6.92 Å². The predicted octanol–water partition coefficient (Wildman–Crippen LogP) is -0.0452. The fraction of sp³-hybridized carbons (Fsp3) is 0.857. The quantitative estimate of drug-likeness (QED) is 0.535. The van der Waals surface area contributed by atoms with Crippen molar-refractivity contribution < 1.29 is 15.0 Å². The molecule has 0 aliphatic heterocycles. The van der Waals surface area contributed by atoms with Crippen molar-refractivity contribution in [3.8, 4) is 0 Å². The summed E-state index contributed by atoms with van der Waals surface area (Å²) in [6, 6.07) is 0. The van der Waals surface area contributed by atoms with Crippen LogP contribution in [0, 0.1) is 5.92 Å². The van der Waals surface area contributed by atoms with Crippen LogP contribution in [0.5, 0.6) is 0 Å². The highest BCUT2D eigenvalue weighted by atomic mass is 16.3. The molecule has 0 amide bonds. The normalized spacial score (nSPS) is 16.3. The molecule has 0 saturated heterocycles. The number of carbonyl (C=O) groups excluding carboxylic acids is 1. The molecule has 0 fully saturated rings. The third-order valence-electron chi connectivity index (χ3n) is 1.46. The van der Waals surface area contributed by atoms with Crippen molar-refractivity contribution in [1.29, 1.82) is 0 Å². The molecule has 2 atom stereocenters. The molecule has 0 heterocycles. The Morgan fingerprint density at radius 2 is 2.20 bits per heavy atom. The molecule has 0 aliphatic rings. The molecule has 0 aromatic heterocycles. The number of hydrogen-bond donors (Lipinski definition) is 2.